The zero-order valence-corrected chi connectivity index (χ0v) is 11.5. The Kier molecular flexibility index (Phi) is 3.47. The Morgan fingerprint density at radius 2 is 2.00 bits per heavy atom. The van der Waals surface area contributed by atoms with Gasteiger partial charge in [-0.05, 0) is 25.1 Å². The van der Waals surface area contributed by atoms with E-state index in [0.717, 1.165) is 11.3 Å². The lowest BCUT2D eigenvalue weighted by Crippen LogP contribution is -2.12. The van der Waals surface area contributed by atoms with E-state index in [1.807, 2.05) is 31.2 Å². The molecule has 2 aromatic heterocycles. The molecule has 0 fully saturated rings. The molecule has 0 saturated carbocycles. The fourth-order valence-corrected chi connectivity index (χ4v) is 1.95. The number of carbonyl (C=O) groups is 1. The van der Waals surface area contributed by atoms with Crippen LogP contribution in [0.15, 0.2) is 54.9 Å². The van der Waals surface area contributed by atoms with Crippen molar-refractivity contribution >= 4 is 11.6 Å². The largest absolute Gasteiger partial charge is 0.319 e. The summed E-state index contributed by atoms with van der Waals surface area (Å²) in [6.07, 6.45) is 3.25. The number of rotatable bonds is 3. The molecule has 0 aliphatic carbocycles. The molecule has 0 atom stereocenters. The van der Waals surface area contributed by atoms with Crippen molar-refractivity contribution < 1.29 is 4.79 Å². The van der Waals surface area contributed by atoms with Gasteiger partial charge in [-0.1, -0.05) is 29.8 Å². The van der Waals surface area contributed by atoms with E-state index in [4.69, 9.17) is 0 Å². The first-order valence-corrected chi connectivity index (χ1v) is 6.56. The van der Waals surface area contributed by atoms with E-state index in [0.29, 0.717) is 11.4 Å². The molecule has 2 heterocycles. The molecule has 3 rings (SSSR count). The van der Waals surface area contributed by atoms with E-state index < -0.39 is 0 Å². The maximum absolute atomic E-state index is 12.1. The van der Waals surface area contributed by atoms with E-state index >= 15 is 0 Å². The molecule has 21 heavy (non-hydrogen) atoms. The highest BCUT2D eigenvalue weighted by Crippen LogP contribution is 2.18. The molecule has 1 amide bonds. The van der Waals surface area contributed by atoms with E-state index in [9.17, 15) is 4.79 Å². The molecule has 0 spiro atoms. The topological polar surface area (TPSA) is 70.7 Å². The molecule has 2 N–H and O–H groups in total. The number of nitrogens with zero attached hydrogens (tertiary/aromatic N) is 2. The predicted octanol–water partition coefficient (Wildman–Crippen LogP) is 3.03. The van der Waals surface area contributed by atoms with Crippen LogP contribution < -0.4 is 5.32 Å². The first-order valence-electron chi connectivity index (χ1n) is 6.56. The molecule has 5 heteroatoms. The van der Waals surface area contributed by atoms with Gasteiger partial charge in [0.15, 0.2) is 0 Å². The summed E-state index contributed by atoms with van der Waals surface area (Å²) in [5.41, 5.74) is 3.95. The third-order valence-corrected chi connectivity index (χ3v) is 3.09. The highest BCUT2D eigenvalue weighted by atomic mass is 16.1. The lowest BCUT2D eigenvalue weighted by Gasteiger charge is -2.01. The molecule has 0 radical (unpaired) electrons. The number of H-pyrrole nitrogens is 1. The second-order valence-electron chi connectivity index (χ2n) is 4.73. The lowest BCUT2D eigenvalue weighted by molar-refractivity contribution is 0.102. The monoisotopic (exact) mass is 278 g/mol. The second kappa shape index (κ2) is 5.58. The van der Waals surface area contributed by atoms with Crippen molar-refractivity contribution in [1.82, 2.24) is 15.2 Å². The number of anilines is 1. The van der Waals surface area contributed by atoms with Crippen molar-refractivity contribution in [2.45, 2.75) is 6.92 Å². The molecule has 0 bridgehead atoms. The van der Waals surface area contributed by atoms with Gasteiger partial charge >= 0.3 is 0 Å². The van der Waals surface area contributed by atoms with Gasteiger partial charge < -0.3 is 5.32 Å². The summed E-state index contributed by atoms with van der Waals surface area (Å²) < 4.78 is 0. The molecular formula is C16H14N4O. The second-order valence-corrected chi connectivity index (χ2v) is 4.73. The molecule has 3 aromatic rings. The molecule has 1 aromatic carbocycles. The zero-order chi connectivity index (χ0) is 14.7. The Hall–Kier alpha value is -2.95. The molecule has 104 valence electrons. The van der Waals surface area contributed by atoms with E-state index in [1.54, 1.807) is 30.6 Å². The van der Waals surface area contributed by atoms with Crippen molar-refractivity contribution in [3.05, 3.63) is 66.1 Å². The van der Waals surface area contributed by atoms with E-state index in [-0.39, 0.29) is 5.91 Å². The van der Waals surface area contributed by atoms with Gasteiger partial charge in [-0.15, -0.1) is 0 Å². The van der Waals surface area contributed by atoms with Gasteiger partial charge in [0.05, 0.1) is 17.6 Å². The fourth-order valence-electron chi connectivity index (χ4n) is 1.95. The summed E-state index contributed by atoms with van der Waals surface area (Å²) in [4.78, 5) is 16.1. The summed E-state index contributed by atoms with van der Waals surface area (Å²) in [5.74, 6) is -0.242. The summed E-state index contributed by atoms with van der Waals surface area (Å²) in [6.45, 7) is 2.03. The van der Waals surface area contributed by atoms with Crippen LogP contribution in [0.3, 0.4) is 0 Å². The van der Waals surface area contributed by atoms with Gasteiger partial charge in [0, 0.05) is 11.8 Å². The quantitative estimate of drug-likeness (QED) is 0.773. The number of nitrogens with one attached hydrogen (secondary N) is 2. The lowest BCUT2D eigenvalue weighted by atomic mass is 10.1. The Labute approximate surface area is 122 Å². The number of benzene rings is 1. The molecule has 5 nitrogen and oxygen atoms in total. The van der Waals surface area contributed by atoms with Crippen molar-refractivity contribution in [2.75, 3.05) is 5.32 Å². The number of carbonyl (C=O) groups excluding carboxylic acids is 1. The number of aryl methyl sites for hydroxylation is 1. The SMILES string of the molecule is Cc1ccc(-c2cc(C(=O)Nc3cccnc3)[nH]n2)cc1. The average molecular weight is 278 g/mol. The van der Waals surface area contributed by atoms with Crippen LogP contribution in [-0.2, 0) is 0 Å². The Morgan fingerprint density at radius 1 is 1.19 bits per heavy atom. The van der Waals surface area contributed by atoms with Crippen LogP contribution in [-0.4, -0.2) is 21.1 Å². The molecular weight excluding hydrogens is 264 g/mol. The molecule has 0 aliphatic heterocycles. The summed E-state index contributed by atoms with van der Waals surface area (Å²) in [5, 5.41) is 9.69. The predicted molar refractivity (Wildman–Crippen MR) is 81.0 cm³/mol. The van der Waals surface area contributed by atoms with Crippen molar-refractivity contribution in [3.63, 3.8) is 0 Å². The van der Waals surface area contributed by atoms with E-state index in [2.05, 4.69) is 20.5 Å². The van der Waals surface area contributed by atoms with Crippen LogP contribution in [0.25, 0.3) is 11.3 Å². The summed E-state index contributed by atoms with van der Waals surface area (Å²) >= 11 is 0. The number of amides is 1. The molecule has 0 unspecified atom stereocenters. The molecule has 0 saturated heterocycles. The van der Waals surface area contributed by atoms with Gasteiger partial charge in [-0.25, -0.2) is 0 Å². The van der Waals surface area contributed by atoms with Crippen LogP contribution in [0, 0.1) is 6.92 Å². The third kappa shape index (κ3) is 2.97. The highest BCUT2D eigenvalue weighted by Gasteiger charge is 2.11. The van der Waals surface area contributed by atoms with Crippen molar-refractivity contribution in [3.8, 4) is 11.3 Å². The highest BCUT2D eigenvalue weighted by molar-refractivity contribution is 6.03. The van der Waals surface area contributed by atoms with Crippen LogP contribution >= 0.6 is 0 Å². The normalized spacial score (nSPS) is 10.3. The Bertz CT molecular complexity index is 747. The third-order valence-electron chi connectivity index (χ3n) is 3.09. The Balaban J connectivity index is 1.78. The number of aromatic nitrogens is 3. The van der Waals surface area contributed by atoms with Gasteiger partial charge in [-0.3, -0.25) is 14.9 Å². The zero-order valence-electron chi connectivity index (χ0n) is 11.5. The van der Waals surface area contributed by atoms with Crippen molar-refractivity contribution in [1.29, 1.82) is 0 Å². The van der Waals surface area contributed by atoms with Gasteiger partial charge in [0.1, 0.15) is 5.69 Å². The Morgan fingerprint density at radius 3 is 2.71 bits per heavy atom. The minimum absolute atomic E-state index is 0.242. The maximum atomic E-state index is 12.1. The summed E-state index contributed by atoms with van der Waals surface area (Å²) in [7, 11) is 0. The number of hydrogen-bond acceptors (Lipinski definition) is 3. The molecule has 0 aliphatic rings. The smallest absolute Gasteiger partial charge is 0.273 e. The van der Waals surface area contributed by atoms with Crippen molar-refractivity contribution in [2.24, 2.45) is 0 Å². The maximum Gasteiger partial charge on any atom is 0.273 e. The minimum Gasteiger partial charge on any atom is -0.319 e. The van der Waals surface area contributed by atoms with Crippen LogP contribution in [0.2, 0.25) is 0 Å². The number of hydrogen-bond donors (Lipinski definition) is 2. The minimum atomic E-state index is -0.242. The first kappa shape index (κ1) is 13.1. The van der Waals surface area contributed by atoms with Crippen LogP contribution in [0.4, 0.5) is 5.69 Å². The van der Waals surface area contributed by atoms with Gasteiger partial charge in [-0.2, -0.15) is 5.10 Å². The van der Waals surface area contributed by atoms with E-state index in [1.165, 1.54) is 5.56 Å². The van der Waals surface area contributed by atoms with Crippen LogP contribution in [0.5, 0.6) is 0 Å². The fraction of sp³-hybridized carbons (Fsp3) is 0.0625. The standard InChI is InChI=1S/C16H14N4O/c1-11-4-6-12(7-5-11)14-9-15(20-19-14)16(21)18-13-3-2-8-17-10-13/h2-10H,1H3,(H,18,21)(H,19,20). The van der Waals surface area contributed by atoms with Gasteiger partial charge in [0.25, 0.3) is 5.91 Å². The van der Waals surface area contributed by atoms with Gasteiger partial charge in [0.2, 0.25) is 0 Å². The first-order chi connectivity index (χ1) is 10.2. The number of aromatic amines is 1. The summed E-state index contributed by atoms with van der Waals surface area (Å²) in [6, 6.07) is 13.3. The number of pyridine rings is 1. The average Bonchev–Trinajstić information content (AvgIpc) is 2.99. The van der Waals surface area contributed by atoms with Crippen LogP contribution in [0.1, 0.15) is 16.1 Å².